The fraction of sp³-hybridized carbons (Fsp3) is 1.00. The molecule has 1 rings (SSSR count). The van der Waals surface area contributed by atoms with Crippen molar-refractivity contribution in [2.24, 2.45) is 17.6 Å². The van der Waals surface area contributed by atoms with Crippen LogP contribution < -0.4 is 5.73 Å². The van der Waals surface area contributed by atoms with Crippen LogP contribution in [0.2, 0.25) is 0 Å². The van der Waals surface area contributed by atoms with Gasteiger partial charge in [0.1, 0.15) is 0 Å². The zero-order chi connectivity index (χ0) is 13.1. The van der Waals surface area contributed by atoms with Crippen LogP contribution in [-0.4, -0.2) is 28.0 Å². The van der Waals surface area contributed by atoms with Gasteiger partial charge >= 0.3 is 0 Å². The average Bonchev–Trinajstić information content (AvgIpc) is 2.28. The topological polar surface area (TPSA) is 66.5 Å². The number of aliphatic hydroxyl groups is 2. The molecule has 0 aliphatic heterocycles. The van der Waals surface area contributed by atoms with Crippen LogP contribution in [0, 0.1) is 11.8 Å². The SMILES string of the molecule is CC(C)C[C@H](O)[C@H](O)[C@@](C)(N)C1CCCCC1. The molecule has 3 heteroatoms. The number of rotatable bonds is 5. The summed E-state index contributed by atoms with van der Waals surface area (Å²) in [7, 11) is 0. The maximum absolute atomic E-state index is 10.3. The van der Waals surface area contributed by atoms with E-state index >= 15 is 0 Å². The molecule has 0 amide bonds. The molecule has 0 heterocycles. The van der Waals surface area contributed by atoms with E-state index in [-0.39, 0.29) is 0 Å². The largest absolute Gasteiger partial charge is 0.390 e. The number of nitrogens with two attached hydrogens (primary N) is 1. The number of hydrogen-bond acceptors (Lipinski definition) is 3. The predicted molar refractivity (Wildman–Crippen MR) is 70.6 cm³/mol. The van der Waals surface area contributed by atoms with Gasteiger partial charge in [-0.05, 0) is 38.0 Å². The molecule has 1 aliphatic rings. The lowest BCUT2D eigenvalue weighted by Gasteiger charge is -2.42. The van der Waals surface area contributed by atoms with Gasteiger partial charge in [-0.25, -0.2) is 0 Å². The molecule has 0 aromatic rings. The van der Waals surface area contributed by atoms with Gasteiger partial charge in [-0.3, -0.25) is 0 Å². The zero-order valence-corrected chi connectivity index (χ0v) is 11.5. The van der Waals surface area contributed by atoms with Gasteiger partial charge in [0.15, 0.2) is 0 Å². The van der Waals surface area contributed by atoms with E-state index in [2.05, 4.69) is 0 Å². The van der Waals surface area contributed by atoms with Crippen LogP contribution in [-0.2, 0) is 0 Å². The third-order valence-electron chi connectivity index (χ3n) is 4.20. The van der Waals surface area contributed by atoms with Crippen molar-refractivity contribution in [1.29, 1.82) is 0 Å². The molecule has 0 aromatic carbocycles. The molecular weight excluding hydrogens is 214 g/mol. The first kappa shape index (κ1) is 14.9. The lowest BCUT2D eigenvalue weighted by atomic mass is 9.71. The van der Waals surface area contributed by atoms with E-state index < -0.39 is 17.7 Å². The van der Waals surface area contributed by atoms with Gasteiger partial charge < -0.3 is 15.9 Å². The van der Waals surface area contributed by atoms with E-state index in [0.29, 0.717) is 18.3 Å². The highest BCUT2D eigenvalue weighted by molar-refractivity contribution is 4.97. The number of aliphatic hydroxyl groups excluding tert-OH is 2. The number of hydrogen-bond donors (Lipinski definition) is 3. The summed E-state index contributed by atoms with van der Waals surface area (Å²) < 4.78 is 0. The fourth-order valence-electron chi connectivity index (χ4n) is 2.99. The highest BCUT2D eigenvalue weighted by atomic mass is 16.3. The quantitative estimate of drug-likeness (QED) is 0.692. The Bertz CT molecular complexity index is 222. The highest BCUT2D eigenvalue weighted by Crippen LogP contribution is 2.34. The molecule has 0 saturated heterocycles. The lowest BCUT2D eigenvalue weighted by Crippen LogP contribution is -2.58. The molecule has 0 aromatic heterocycles. The van der Waals surface area contributed by atoms with Crippen molar-refractivity contribution in [3.63, 3.8) is 0 Å². The lowest BCUT2D eigenvalue weighted by molar-refractivity contribution is -0.0546. The van der Waals surface area contributed by atoms with Crippen molar-refractivity contribution in [3.8, 4) is 0 Å². The second-order valence-corrected chi connectivity index (χ2v) is 6.34. The Morgan fingerprint density at radius 3 is 2.18 bits per heavy atom. The summed E-state index contributed by atoms with van der Waals surface area (Å²) in [5.41, 5.74) is 5.64. The van der Waals surface area contributed by atoms with Crippen molar-refractivity contribution in [2.75, 3.05) is 0 Å². The maximum atomic E-state index is 10.3. The van der Waals surface area contributed by atoms with Crippen LogP contribution in [0.4, 0.5) is 0 Å². The van der Waals surface area contributed by atoms with Gasteiger partial charge in [0, 0.05) is 5.54 Å². The summed E-state index contributed by atoms with van der Waals surface area (Å²) in [5.74, 6) is 0.717. The van der Waals surface area contributed by atoms with E-state index in [1.165, 1.54) is 19.3 Å². The van der Waals surface area contributed by atoms with Crippen molar-refractivity contribution in [1.82, 2.24) is 0 Å². The van der Waals surface area contributed by atoms with Crippen molar-refractivity contribution in [3.05, 3.63) is 0 Å². The summed E-state index contributed by atoms with van der Waals surface area (Å²) in [4.78, 5) is 0. The average molecular weight is 243 g/mol. The Morgan fingerprint density at radius 2 is 1.71 bits per heavy atom. The third kappa shape index (κ3) is 3.94. The molecule has 4 N–H and O–H groups in total. The highest BCUT2D eigenvalue weighted by Gasteiger charge is 2.40. The first-order valence-electron chi connectivity index (χ1n) is 7.00. The van der Waals surface area contributed by atoms with Gasteiger partial charge in [-0.2, -0.15) is 0 Å². The van der Waals surface area contributed by atoms with Crippen molar-refractivity contribution >= 4 is 0 Å². The first-order valence-corrected chi connectivity index (χ1v) is 7.00. The van der Waals surface area contributed by atoms with Crippen LogP contribution >= 0.6 is 0 Å². The van der Waals surface area contributed by atoms with Gasteiger partial charge in [-0.15, -0.1) is 0 Å². The maximum Gasteiger partial charge on any atom is 0.0977 e. The Kier molecular flexibility index (Phi) is 5.42. The van der Waals surface area contributed by atoms with Crippen molar-refractivity contribution in [2.45, 2.75) is 77.0 Å². The van der Waals surface area contributed by atoms with Gasteiger partial charge in [0.05, 0.1) is 12.2 Å². The first-order chi connectivity index (χ1) is 7.85. The minimum Gasteiger partial charge on any atom is -0.390 e. The second-order valence-electron chi connectivity index (χ2n) is 6.34. The molecule has 0 spiro atoms. The van der Waals surface area contributed by atoms with Crippen LogP contribution in [0.1, 0.15) is 59.3 Å². The van der Waals surface area contributed by atoms with Crippen LogP contribution in [0.15, 0.2) is 0 Å². The molecule has 3 nitrogen and oxygen atoms in total. The monoisotopic (exact) mass is 243 g/mol. The van der Waals surface area contributed by atoms with E-state index in [4.69, 9.17) is 5.73 Å². The molecule has 0 unspecified atom stereocenters. The minimum atomic E-state index is -0.812. The molecule has 1 saturated carbocycles. The van der Waals surface area contributed by atoms with Crippen LogP contribution in [0.25, 0.3) is 0 Å². The normalized spacial score (nSPS) is 25.6. The molecular formula is C14H29NO2. The Labute approximate surface area is 105 Å². The van der Waals surface area contributed by atoms with Crippen LogP contribution in [0.5, 0.6) is 0 Å². The molecule has 0 bridgehead atoms. The fourth-order valence-corrected chi connectivity index (χ4v) is 2.99. The summed E-state index contributed by atoms with van der Waals surface area (Å²) in [6.45, 7) is 5.99. The Hall–Kier alpha value is -0.120. The van der Waals surface area contributed by atoms with E-state index in [0.717, 1.165) is 12.8 Å². The van der Waals surface area contributed by atoms with E-state index in [1.807, 2.05) is 20.8 Å². The van der Waals surface area contributed by atoms with Gasteiger partial charge in [0.2, 0.25) is 0 Å². The molecule has 102 valence electrons. The summed E-state index contributed by atoms with van der Waals surface area (Å²) in [6.07, 6.45) is 4.93. The van der Waals surface area contributed by atoms with Gasteiger partial charge in [0.25, 0.3) is 0 Å². The molecule has 3 atom stereocenters. The van der Waals surface area contributed by atoms with Crippen molar-refractivity contribution < 1.29 is 10.2 Å². The second kappa shape index (κ2) is 6.17. The third-order valence-corrected chi connectivity index (χ3v) is 4.20. The summed E-state index contributed by atoms with van der Waals surface area (Å²) in [5, 5.41) is 20.3. The van der Waals surface area contributed by atoms with E-state index in [1.54, 1.807) is 0 Å². The molecule has 17 heavy (non-hydrogen) atoms. The standard InChI is InChI=1S/C14H29NO2/c1-10(2)9-12(16)13(17)14(3,15)11-7-5-4-6-8-11/h10-13,16-17H,4-9,15H2,1-3H3/t12-,13-,14-/m0/s1. The van der Waals surface area contributed by atoms with E-state index in [9.17, 15) is 10.2 Å². The van der Waals surface area contributed by atoms with Gasteiger partial charge in [-0.1, -0.05) is 33.1 Å². The zero-order valence-electron chi connectivity index (χ0n) is 11.5. The Balaban J connectivity index is 2.60. The Morgan fingerprint density at radius 1 is 1.18 bits per heavy atom. The molecule has 1 fully saturated rings. The molecule has 0 radical (unpaired) electrons. The predicted octanol–water partition coefficient (Wildman–Crippen LogP) is 2.05. The molecule has 1 aliphatic carbocycles. The smallest absolute Gasteiger partial charge is 0.0977 e. The summed E-state index contributed by atoms with van der Waals surface area (Å²) in [6, 6.07) is 0. The van der Waals surface area contributed by atoms with Crippen LogP contribution in [0.3, 0.4) is 0 Å². The minimum absolute atomic E-state index is 0.341. The summed E-state index contributed by atoms with van der Waals surface area (Å²) >= 11 is 0.